The van der Waals surface area contributed by atoms with Crippen LogP contribution in [0.3, 0.4) is 0 Å². The average molecular weight is 603 g/mol. The molecule has 46 heavy (non-hydrogen) atoms. The number of hydrogen-bond acceptors (Lipinski definition) is 4. The number of benzene rings is 4. The third-order valence-corrected chi connectivity index (χ3v) is 8.47. The van der Waals surface area contributed by atoms with E-state index in [1.165, 1.54) is 5.56 Å². The molecule has 0 aliphatic carbocycles. The quantitative estimate of drug-likeness (QED) is 0.197. The lowest BCUT2D eigenvalue weighted by molar-refractivity contribution is 0.459. The van der Waals surface area contributed by atoms with Gasteiger partial charge in [0.15, 0.2) is 0 Å². The molecule has 228 valence electrons. The molecule has 0 radical (unpaired) electrons. The molecule has 4 heteroatoms. The van der Waals surface area contributed by atoms with Crippen LogP contribution < -0.4 is 4.74 Å². The molecule has 3 heterocycles. The van der Waals surface area contributed by atoms with E-state index in [0.29, 0.717) is 5.88 Å². The minimum atomic E-state index is -0.125. The number of nitrogens with zero attached hydrogens (tertiary/aromatic N) is 2. The lowest BCUT2D eigenvalue weighted by Gasteiger charge is -2.23. The van der Waals surface area contributed by atoms with Crippen molar-refractivity contribution in [1.29, 1.82) is 0 Å². The van der Waals surface area contributed by atoms with Crippen LogP contribution in [0.4, 0.5) is 0 Å². The van der Waals surface area contributed by atoms with Crippen molar-refractivity contribution >= 4 is 21.9 Å². The largest absolute Gasteiger partial charge is 0.455 e. The van der Waals surface area contributed by atoms with Crippen LogP contribution in [0, 0.1) is 0 Å². The molecule has 0 bridgehead atoms. The van der Waals surface area contributed by atoms with E-state index in [1.54, 1.807) is 0 Å². The Morgan fingerprint density at radius 3 is 1.65 bits per heavy atom. The zero-order valence-corrected chi connectivity index (χ0v) is 27.3. The fraction of sp³-hybridized carbons (Fsp3) is 0.190. The SMILES string of the molecule is CC(C)(C)c1cc(Oc2ccccc2)nc(-c2cc(C(C)(C)C)cc(-c3cccc4c3oc3c(-c5ccccc5)cccc34)n2)c1. The standard InChI is InChI=1S/C42H38N2O2/c1-41(2,3)28-23-35(34-22-14-21-33-32-20-13-19-31(39(32)46-40(33)34)27-15-9-7-10-16-27)43-36(24-28)37-25-29(42(4,5)6)26-38(44-37)45-30-17-11-8-12-18-30/h7-26H,1-6H3. The Morgan fingerprint density at radius 1 is 0.500 bits per heavy atom. The monoisotopic (exact) mass is 602 g/mol. The van der Waals surface area contributed by atoms with E-state index < -0.39 is 0 Å². The van der Waals surface area contributed by atoms with Gasteiger partial charge in [0.2, 0.25) is 5.88 Å². The first-order valence-corrected chi connectivity index (χ1v) is 15.8. The van der Waals surface area contributed by atoms with Crippen LogP contribution in [0.2, 0.25) is 0 Å². The van der Waals surface area contributed by atoms with Crippen molar-refractivity contribution in [2.45, 2.75) is 52.4 Å². The maximum absolute atomic E-state index is 6.77. The van der Waals surface area contributed by atoms with Gasteiger partial charge in [-0.05, 0) is 63.9 Å². The van der Waals surface area contributed by atoms with Crippen molar-refractivity contribution in [2.24, 2.45) is 0 Å². The Morgan fingerprint density at radius 2 is 1.02 bits per heavy atom. The second-order valence-corrected chi connectivity index (χ2v) is 14.0. The van der Waals surface area contributed by atoms with Crippen LogP contribution in [0.5, 0.6) is 11.6 Å². The number of aromatic nitrogens is 2. The molecule has 0 spiro atoms. The molecule has 0 saturated carbocycles. The van der Waals surface area contributed by atoms with Crippen molar-refractivity contribution in [3.63, 3.8) is 0 Å². The van der Waals surface area contributed by atoms with Gasteiger partial charge >= 0.3 is 0 Å². The van der Waals surface area contributed by atoms with Crippen molar-refractivity contribution in [3.05, 3.63) is 132 Å². The van der Waals surface area contributed by atoms with Gasteiger partial charge in [-0.1, -0.05) is 120 Å². The highest BCUT2D eigenvalue weighted by atomic mass is 16.5. The summed E-state index contributed by atoms with van der Waals surface area (Å²) in [6.45, 7) is 13.3. The van der Waals surface area contributed by atoms with Crippen molar-refractivity contribution < 1.29 is 9.15 Å². The first-order valence-electron chi connectivity index (χ1n) is 15.8. The van der Waals surface area contributed by atoms with Gasteiger partial charge in [-0.25, -0.2) is 9.97 Å². The molecule has 0 atom stereocenters. The zero-order chi connectivity index (χ0) is 32.1. The molecule has 0 unspecified atom stereocenters. The van der Waals surface area contributed by atoms with Crippen LogP contribution in [0.15, 0.2) is 126 Å². The molecule has 7 rings (SSSR count). The molecule has 0 saturated heterocycles. The van der Waals surface area contributed by atoms with Gasteiger partial charge in [0, 0.05) is 28.0 Å². The van der Waals surface area contributed by atoms with Gasteiger partial charge in [-0.15, -0.1) is 0 Å². The minimum Gasteiger partial charge on any atom is -0.455 e. The number of rotatable bonds is 5. The van der Waals surface area contributed by atoms with Crippen molar-refractivity contribution in [2.75, 3.05) is 0 Å². The predicted molar refractivity (Wildman–Crippen MR) is 190 cm³/mol. The summed E-state index contributed by atoms with van der Waals surface area (Å²) in [6, 6.07) is 41.4. The van der Waals surface area contributed by atoms with Gasteiger partial charge in [-0.3, -0.25) is 0 Å². The summed E-state index contributed by atoms with van der Waals surface area (Å²) >= 11 is 0. The van der Waals surface area contributed by atoms with E-state index in [1.807, 2.05) is 42.5 Å². The Balaban J connectivity index is 1.43. The normalized spacial score (nSPS) is 12.1. The Bertz CT molecular complexity index is 2180. The number of fused-ring (bicyclic) bond motifs is 3. The molecule has 0 aliphatic heterocycles. The summed E-state index contributed by atoms with van der Waals surface area (Å²) in [5.41, 5.74) is 9.33. The van der Waals surface area contributed by atoms with Gasteiger partial charge in [-0.2, -0.15) is 0 Å². The van der Waals surface area contributed by atoms with Crippen molar-refractivity contribution in [1.82, 2.24) is 9.97 Å². The van der Waals surface area contributed by atoms with Crippen LogP contribution in [-0.4, -0.2) is 9.97 Å². The number of ether oxygens (including phenoxy) is 1. The first-order chi connectivity index (χ1) is 22.0. The van der Waals surface area contributed by atoms with Crippen LogP contribution in [-0.2, 0) is 10.8 Å². The van der Waals surface area contributed by atoms with Gasteiger partial charge in [0.05, 0.1) is 17.1 Å². The molecule has 0 fully saturated rings. The van der Waals surface area contributed by atoms with E-state index in [-0.39, 0.29) is 10.8 Å². The fourth-order valence-electron chi connectivity index (χ4n) is 5.83. The highest BCUT2D eigenvalue weighted by Crippen LogP contribution is 2.41. The molecule has 4 nitrogen and oxygen atoms in total. The summed E-state index contributed by atoms with van der Waals surface area (Å²) in [6.07, 6.45) is 0. The number of pyridine rings is 2. The van der Waals surface area contributed by atoms with Gasteiger partial charge in [0.25, 0.3) is 0 Å². The minimum absolute atomic E-state index is 0.118. The lowest BCUT2D eigenvalue weighted by Crippen LogP contribution is -2.13. The molecular weight excluding hydrogens is 564 g/mol. The van der Waals surface area contributed by atoms with Crippen molar-refractivity contribution in [3.8, 4) is 45.4 Å². The summed E-state index contributed by atoms with van der Waals surface area (Å²) in [5, 5.41) is 2.16. The molecule has 0 amide bonds. The van der Waals surface area contributed by atoms with E-state index in [0.717, 1.165) is 67.0 Å². The van der Waals surface area contributed by atoms with Gasteiger partial charge < -0.3 is 9.15 Å². The smallest absolute Gasteiger partial charge is 0.220 e. The molecule has 0 N–H and O–H groups in total. The Kier molecular flexibility index (Phi) is 7.24. The molecule has 4 aromatic carbocycles. The number of hydrogen-bond donors (Lipinski definition) is 0. The highest BCUT2D eigenvalue weighted by Gasteiger charge is 2.23. The first kappa shape index (κ1) is 29.5. The zero-order valence-electron chi connectivity index (χ0n) is 27.3. The van der Waals surface area contributed by atoms with E-state index >= 15 is 0 Å². The Hall–Kier alpha value is -5.22. The number of para-hydroxylation sites is 3. The molecule has 3 aromatic heterocycles. The third kappa shape index (κ3) is 5.67. The third-order valence-electron chi connectivity index (χ3n) is 8.47. The highest BCUT2D eigenvalue weighted by molar-refractivity contribution is 6.12. The van der Waals surface area contributed by atoms with Crippen LogP contribution >= 0.6 is 0 Å². The van der Waals surface area contributed by atoms with Crippen LogP contribution in [0.1, 0.15) is 52.7 Å². The molecule has 7 aromatic rings. The Labute approximate surface area is 270 Å². The fourth-order valence-corrected chi connectivity index (χ4v) is 5.83. The summed E-state index contributed by atoms with van der Waals surface area (Å²) in [5.74, 6) is 1.29. The average Bonchev–Trinajstić information content (AvgIpc) is 3.44. The van der Waals surface area contributed by atoms with E-state index in [2.05, 4.69) is 120 Å². The predicted octanol–water partition coefficient (Wildman–Crippen LogP) is 11.8. The summed E-state index contributed by atoms with van der Waals surface area (Å²) in [7, 11) is 0. The topological polar surface area (TPSA) is 48.2 Å². The van der Waals surface area contributed by atoms with Crippen LogP contribution in [0.25, 0.3) is 55.7 Å². The summed E-state index contributed by atoms with van der Waals surface area (Å²) in [4.78, 5) is 10.3. The number of furan rings is 1. The molecular formula is C42H38N2O2. The lowest BCUT2D eigenvalue weighted by atomic mass is 9.85. The molecule has 0 aliphatic rings. The van der Waals surface area contributed by atoms with E-state index in [4.69, 9.17) is 19.1 Å². The second-order valence-electron chi connectivity index (χ2n) is 14.0. The maximum atomic E-state index is 6.77. The second kappa shape index (κ2) is 11.3. The van der Waals surface area contributed by atoms with E-state index in [9.17, 15) is 0 Å². The van der Waals surface area contributed by atoms with Gasteiger partial charge in [0.1, 0.15) is 16.9 Å². The maximum Gasteiger partial charge on any atom is 0.220 e. The summed E-state index contributed by atoms with van der Waals surface area (Å²) < 4.78 is 13.0.